The molecular weight excluding hydrogens is 314 g/mol. The number of hydrogen-bond acceptors (Lipinski definition) is 5. The zero-order valence-electron chi connectivity index (χ0n) is 11.0. The summed E-state index contributed by atoms with van der Waals surface area (Å²) < 4.78 is 27.0. The van der Waals surface area contributed by atoms with Crippen LogP contribution in [0.5, 0.6) is 0 Å². The zero-order valence-corrected chi connectivity index (χ0v) is 13.4. The maximum atomic E-state index is 12.5. The number of thiophene rings is 1. The molecule has 2 fully saturated rings. The van der Waals surface area contributed by atoms with E-state index < -0.39 is 10.0 Å². The van der Waals surface area contributed by atoms with Gasteiger partial charge in [-0.15, -0.1) is 11.3 Å². The van der Waals surface area contributed by atoms with Gasteiger partial charge in [0.05, 0.1) is 4.88 Å². The zero-order chi connectivity index (χ0) is 14.3. The van der Waals surface area contributed by atoms with Crippen LogP contribution >= 0.6 is 23.6 Å². The summed E-state index contributed by atoms with van der Waals surface area (Å²) in [7, 11) is -3.39. The summed E-state index contributed by atoms with van der Waals surface area (Å²) in [4.78, 5) is 3.28. The second kappa shape index (κ2) is 5.34. The molecule has 2 aliphatic rings. The van der Waals surface area contributed by atoms with Crippen molar-refractivity contribution in [2.24, 2.45) is 5.73 Å². The van der Waals surface area contributed by atoms with Crippen LogP contribution in [0.4, 0.5) is 0 Å². The van der Waals surface area contributed by atoms with Crippen molar-refractivity contribution in [1.82, 2.24) is 9.21 Å². The third-order valence-corrected chi connectivity index (χ3v) is 7.59. The lowest BCUT2D eigenvalue weighted by molar-refractivity contribution is 0.181. The fourth-order valence-corrected chi connectivity index (χ4v) is 5.40. The smallest absolute Gasteiger partial charge is 0.252 e. The number of piperazine rings is 1. The average molecular weight is 331 g/mol. The summed E-state index contributed by atoms with van der Waals surface area (Å²) >= 11 is 6.03. The van der Waals surface area contributed by atoms with E-state index in [0.29, 0.717) is 28.2 Å². The van der Waals surface area contributed by atoms with Crippen molar-refractivity contribution in [2.75, 3.05) is 26.2 Å². The van der Waals surface area contributed by atoms with Crippen LogP contribution in [0.3, 0.4) is 0 Å². The van der Waals surface area contributed by atoms with Gasteiger partial charge in [-0.1, -0.05) is 12.2 Å². The van der Waals surface area contributed by atoms with Gasteiger partial charge in [-0.25, -0.2) is 8.42 Å². The standard InChI is InChI=1S/C12H17N3O2S3/c13-12(18)10-3-4-11(19-10)20(16,17)15-7-5-14(6-8-15)9-1-2-9/h3-4,9H,1-2,5-8H2,(H2,13,18). The molecule has 0 amide bonds. The summed E-state index contributed by atoms with van der Waals surface area (Å²) in [6.07, 6.45) is 2.52. The highest BCUT2D eigenvalue weighted by atomic mass is 32.2. The number of rotatable bonds is 4. The predicted octanol–water partition coefficient (Wildman–Crippen LogP) is 0.851. The maximum absolute atomic E-state index is 12.5. The lowest BCUT2D eigenvalue weighted by atomic mass is 10.3. The minimum Gasteiger partial charge on any atom is -0.389 e. The van der Waals surface area contributed by atoms with E-state index in [1.165, 1.54) is 12.8 Å². The second-order valence-corrected chi connectivity index (χ2v) is 8.84. The molecule has 3 rings (SSSR count). The molecule has 1 aliphatic heterocycles. The third kappa shape index (κ3) is 2.75. The van der Waals surface area contributed by atoms with Gasteiger partial charge in [-0.3, -0.25) is 4.90 Å². The van der Waals surface area contributed by atoms with Crippen LogP contribution in [0.1, 0.15) is 17.7 Å². The number of sulfonamides is 1. The van der Waals surface area contributed by atoms with Gasteiger partial charge in [-0.05, 0) is 25.0 Å². The summed E-state index contributed by atoms with van der Waals surface area (Å²) in [6.45, 7) is 2.80. The Morgan fingerprint density at radius 2 is 1.90 bits per heavy atom. The number of hydrogen-bond donors (Lipinski definition) is 1. The van der Waals surface area contributed by atoms with Crippen LogP contribution in [0, 0.1) is 0 Å². The monoisotopic (exact) mass is 331 g/mol. The quantitative estimate of drug-likeness (QED) is 0.829. The Kier molecular flexibility index (Phi) is 3.85. The Bertz CT molecular complexity index is 614. The number of nitrogens with zero attached hydrogens (tertiary/aromatic N) is 2. The molecule has 0 bridgehead atoms. The average Bonchev–Trinajstić information content (AvgIpc) is 3.14. The van der Waals surface area contributed by atoms with Gasteiger partial charge < -0.3 is 5.73 Å². The van der Waals surface area contributed by atoms with E-state index >= 15 is 0 Å². The Morgan fingerprint density at radius 3 is 2.40 bits per heavy atom. The first-order valence-electron chi connectivity index (χ1n) is 6.62. The fourth-order valence-electron chi connectivity index (χ4n) is 2.47. The van der Waals surface area contributed by atoms with E-state index in [1.807, 2.05) is 0 Å². The van der Waals surface area contributed by atoms with Crippen molar-refractivity contribution in [3.05, 3.63) is 17.0 Å². The summed E-state index contributed by atoms with van der Waals surface area (Å²) in [5.41, 5.74) is 5.53. The summed E-state index contributed by atoms with van der Waals surface area (Å²) in [6, 6.07) is 3.98. The third-order valence-electron chi connectivity index (χ3n) is 3.75. The van der Waals surface area contributed by atoms with E-state index in [0.717, 1.165) is 24.4 Å². The topological polar surface area (TPSA) is 66.6 Å². The van der Waals surface area contributed by atoms with Crippen LogP contribution in [-0.4, -0.2) is 54.8 Å². The number of thiocarbonyl (C=S) groups is 1. The lowest BCUT2D eigenvalue weighted by Crippen LogP contribution is -2.49. The van der Waals surface area contributed by atoms with Crippen LogP contribution in [-0.2, 0) is 10.0 Å². The van der Waals surface area contributed by atoms with Crippen molar-refractivity contribution in [2.45, 2.75) is 23.1 Å². The number of nitrogens with two attached hydrogens (primary N) is 1. The van der Waals surface area contributed by atoms with Gasteiger partial charge in [0.15, 0.2) is 0 Å². The molecule has 0 atom stereocenters. The molecule has 8 heteroatoms. The largest absolute Gasteiger partial charge is 0.389 e. The Morgan fingerprint density at radius 1 is 1.25 bits per heavy atom. The molecule has 2 N–H and O–H groups in total. The predicted molar refractivity (Wildman–Crippen MR) is 83.6 cm³/mol. The molecule has 1 saturated heterocycles. The Balaban J connectivity index is 1.72. The lowest BCUT2D eigenvalue weighted by Gasteiger charge is -2.33. The first kappa shape index (κ1) is 14.4. The summed E-state index contributed by atoms with van der Waals surface area (Å²) in [5, 5.41) is 0. The van der Waals surface area contributed by atoms with E-state index in [9.17, 15) is 8.42 Å². The van der Waals surface area contributed by atoms with Gasteiger partial charge in [0, 0.05) is 32.2 Å². The fraction of sp³-hybridized carbons (Fsp3) is 0.583. The SMILES string of the molecule is NC(=S)c1ccc(S(=O)(=O)N2CCN(C3CC3)CC2)s1. The highest BCUT2D eigenvalue weighted by Gasteiger charge is 2.35. The molecule has 0 aromatic carbocycles. The molecule has 1 aliphatic carbocycles. The molecule has 1 aromatic heterocycles. The van der Waals surface area contributed by atoms with Gasteiger partial charge in [0.2, 0.25) is 0 Å². The Hall–Kier alpha value is -0.540. The van der Waals surface area contributed by atoms with Gasteiger partial charge >= 0.3 is 0 Å². The molecule has 0 unspecified atom stereocenters. The minimum absolute atomic E-state index is 0.245. The first-order valence-corrected chi connectivity index (χ1v) is 9.29. The van der Waals surface area contributed by atoms with Gasteiger partial charge in [-0.2, -0.15) is 4.31 Å². The highest BCUT2D eigenvalue weighted by Crippen LogP contribution is 2.30. The molecule has 0 spiro atoms. The Labute approximate surface area is 128 Å². The molecule has 0 radical (unpaired) electrons. The molecule has 20 heavy (non-hydrogen) atoms. The van der Waals surface area contributed by atoms with Crippen LogP contribution < -0.4 is 5.73 Å². The van der Waals surface area contributed by atoms with Crippen LogP contribution in [0.15, 0.2) is 16.3 Å². The van der Waals surface area contributed by atoms with Crippen LogP contribution in [0.2, 0.25) is 0 Å². The molecule has 2 heterocycles. The van der Waals surface area contributed by atoms with E-state index in [4.69, 9.17) is 18.0 Å². The van der Waals surface area contributed by atoms with Gasteiger partial charge in [0.1, 0.15) is 9.20 Å². The van der Waals surface area contributed by atoms with Crippen molar-refractivity contribution in [1.29, 1.82) is 0 Å². The van der Waals surface area contributed by atoms with E-state index in [2.05, 4.69) is 4.90 Å². The summed E-state index contributed by atoms with van der Waals surface area (Å²) in [5.74, 6) is 0. The van der Waals surface area contributed by atoms with E-state index in [1.54, 1.807) is 16.4 Å². The van der Waals surface area contributed by atoms with E-state index in [-0.39, 0.29) is 4.99 Å². The normalized spacial score (nSPS) is 22.0. The molecular formula is C12H17N3O2S3. The molecule has 110 valence electrons. The van der Waals surface area contributed by atoms with Crippen molar-refractivity contribution < 1.29 is 8.42 Å². The maximum Gasteiger partial charge on any atom is 0.252 e. The van der Waals surface area contributed by atoms with Crippen LogP contribution in [0.25, 0.3) is 0 Å². The van der Waals surface area contributed by atoms with Crippen molar-refractivity contribution in [3.8, 4) is 0 Å². The van der Waals surface area contributed by atoms with Crippen molar-refractivity contribution in [3.63, 3.8) is 0 Å². The second-order valence-electron chi connectivity index (χ2n) is 5.15. The van der Waals surface area contributed by atoms with Crippen molar-refractivity contribution >= 4 is 38.6 Å². The minimum atomic E-state index is -3.39. The molecule has 1 aromatic rings. The first-order chi connectivity index (χ1) is 9.48. The molecule has 1 saturated carbocycles. The van der Waals surface area contributed by atoms with Gasteiger partial charge in [0.25, 0.3) is 10.0 Å². The highest BCUT2D eigenvalue weighted by molar-refractivity contribution is 7.91. The molecule has 5 nitrogen and oxygen atoms in total.